The van der Waals surface area contributed by atoms with Gasteiger partial charge in [0.15, 0.2) is 0 Å². The fourth-order valence-electron chi connectivity index (χ4n) is 5.31. The molecule has 0 saturated heterocycles. The Labute approximate surface area is 229 Å². The van der Waals surface area contributed by atoms with Gasteiger partial charge in [0.1, 0.15) is 5.75 Å². The summed E-state index contributed by atoms with van der Waals surface area (Å²) in [6.45, 7) is 14.9. The zero-order valence-electron chi connectivity index (χ0n) is 25.6. The first-order chi connectivity index (χ1) is 17.4. The highest BCUT2D eigenvalue weighted by Crippen LogP contribution is 2.40. The van der Waals surface area contributed by atoms with Crippen molar-refractivity contribution < 1.29 is 15.0 Å². The van der Waals surface area contributed by atoms with Crippen LogP contribution in [0.1, 0.15) is 168 Å². The summed E-state index contributed by atoms with van der Waals surface area (Å²) in [5, 5.41) is 20.9. The van der Waals surface area contributed by atoms with Crippen molar-refractivity contribution in [3.05, 3.63) is 28.8 Å². The highest BCUT2D eigenvalue weighted by Gasteiger charge is 2.28. The lowest BCUT2D eigenvalue weighted by Crippen LogP contribution is -2.20. The molecule has 3 nitrogen and oxygen atoms in total. The molecule has 0 heterocycles. The maximum Gasteiger partial charge on any atom is 0.306 e. The number of hydrogen-bond donors (Lipinski definition) is 2. The lowest BCUT2D eigenvalue weighted by molar-refractivity contribution is -0.142. The van der Waals surface area contributed by atoms with Crippen molar-refractivity contribution in [2.75, 3.05) is 0 Å². The molecule has 1 aromatic rings. The van der Waals surface area contributed by atoms with Crippen LogP contribution in [0.15, 0.2) is 12.1 Å². The number of carboxylic acids is 1. The lowest BCUT2D eigenvalue weighted by Gasteiger charge is -2.28. The summed E-state index contributed by atoms with van der Waals surface area (Å²) >= 11 is 0. The minimum atomic E-state index is -0.701. The molecule has 0 amide bonds. The lowest BCUT2D eigenvalue weighted by atomic mass is 9.77. The van der Waals surface area contributed by atoms with Gasteiger partial charge in [0.2, 0.25) is 0 Å². The second kappa shape index (κ2) is 17.2. The van der Waals surface area contributed by atoms with Gasteiger partial charge in [-0.3, -0.25) is 4.79 Å². The molecule has 0 aliphatic rings. The largest absolute Gasteiger partial charge is 0.507 e. The average Bonchev–Trinajstić information content (AvgIpc) is 2.80. The summed E-state index contributed by atoms with van der Waals surface area (Å²) < 4.78 is 0. The van der Waals surface area contributed by atoms with E-state index in [-0.39, 0.29) is 16.7 Å². The number of carbonyl (C=O) groups is 1. The molecule has 3 heteroatoms. The molecule has 37 heavy (non-hydrogen) atoms. The SMILES string of the molecule is CCCCCCCCCCCCCCCCCC(Cc1cc(C(C)(C)C)c(O)c(C(C)(C)C)c1)C(=O)O. The Morgan fingerprint density at radius 2 is 1.03 bits per heavy atom. The second-order valence-electron chi connectivity index (χ2n) is 13.5. The van der Waals surface area contributed by atoms with E-state index in [4.69, 9.17) is 0 Å². The second-order valence-corrected chi connectivity index (χ2v) is 13.5. The van der Waals surface area contributed by atoms with E-state index in [1.165, 1.54) is 83.5 Å². The Hall–Kier alpha value is -1.51. The van der Waals surface area contributed by atoms with Gasteiger partial charge < -0.3 is 10.2 Å². The van der Waals surface area contributed by atoms with Crippen LogP contribution >= 0.6 is 0 Å². The molecule has 2 N–H and O–H groups in total. The van der Waals surface area contributed by atoms with Crippen LogP contribution in [0.4, 0.5) is 0 Å². The van der Waals surface area contributed by atoms with Crippen molar-refractivity contribution in [2.24, 2.45) is 5.92 Å². The van der Waals surface area contributed by atoms with Crippen LogP contribution in [0.25, 0.3) is 0 Å². The normalized spacial score (nSPS) is 13.2. The summed E-state index contributed by atoms with van der Waals surface area (Å²) in [6, 6.07) is 4.07. The zero-order valence-corrected chi connectivity index (χ0v) is 25.6. The topological polar surface area (TPSA) is 57.5 Å². The summed E-state index contributed by atoms with van der Waals surface area (Å²) in [4.78, 5) is 12.1. The molecule has 1 aromatic carbocycles. The van der Waals surface area contributed by atoms with Crippen LogP contribution in [0.3, 0.4) is 0 Å². The molecule has 0 radical (unpaired) electrons. The van der Waals surface area contributed by atoms with E-state index in [9.17, 15) is 15.0 Å². The van der Waals surface area contributed by atoms with Crippen LogP contribution in [0.2, 0.25) is 0 Å². The maximum atomic E-state index is 12.1. The molecule has 1 unspecified atom stereocenters. The zero-order chi connectivity index (χ0) is 27.9. The van der Waals surface area contributed by atoms with Gasteiger partial charge in [-0.25, -0.2) is 0 Å². The number of hydrogen-bond acceptors (Lipinski definition) is 2. The number of benzene rings is 1. The van der Waals surface area contributed by atoms with Crippen molar-refractivity contribution in [2.45, 2.75) is 168 Å². The van der Waals surface area contributed by atoms with E-state index >= 15 is 0 Å². The average molecular weight is 517 g/mol. The Morgan fingerprint density at radius 3 is 1.35 bits per heavy atom. The van der Waals surface area contributed by atoms with Crippen molar-refractivity contribution in [1.29, 1.82) is 0 Å². The molecule has 0 aliphatic carbocycles. The Kier molecular flexibility index (Phi) is 15.5. The number of aliphatic carboxylic acids is 1. The molecule has 214 valence electrons. The third-order valence-corrected chi connectivity index (χ3v) is 7.77. The molecule has 1 rings (SSSR count). The van der Waals surface area contributed by atoms with E-state index in [0.29, 0.717) is 12.2 Å². The Balaban J connectivity index is 2.40. The van der Waals surface area contributed by atoms with Crippen LogP contribution in [0, 0.1) is 5.92 Å². The van der Waals surface area contributed by atoms with Crippen molar-refractivity contribution in [1.82, 2.24) is 0 Å². The smallest absolute Gasteiger partial charge is 0.306 e. The molecule has 0 fully saturated rings. The van der Waals surface area contributed by atoms with E-state index in [1.807, 2.05) is 12.1 Å². The molecule has 0 spiro atoms. The minimum Gasteiger partial charge on any atom is -0.507 e. The summed E-state index contributed by atoms with van der Waals surface area (Å²) in [6.07, 6.45) is 21.1. The van der Waals surface area contributed by atoms with E-state index in [1.54, 1.807) is 0 Å². The number of rotatable bonds is 19. The first-order valence-corrected chi connectivity index (χ1v) is 15.5. The van der Waals surface area contributed by atoms with Crippen LogP contribution < -0.4 is 0 Å². The quantitative estimate of drug-likeness (QED) is 0.180. The van der Waals surface area contributed by atoms with Crippen molar-refractivity contribution in [3.8, 4) is 5.75 Å². The van der Waals surface area contributed by atoms with Gasteiger partial charge in [0.05, 0.1) is 5.92 Å². The van der Waals surface area contributed by atoms with Gasteiger partial charge in [0.25, 0.3) is 0 Å². The van der Waals surface area contributed by atoms with Gasteiger partial charge in [-0.1, -0.05) is 157 Å². The van der Waals surface area contributed by atoms with Crippen molar-refractivity contribution in [3.63, 3.8) is 0 Å². The summed E-state index contributed by atoms with van der Waals surface area (Å²) in [5.74, 6) is -0.710. The number of phenols is 1. The van der Waals surface area contributed by atoms with Gasteiger partial charge >= 0.3 is 5.97 Å². The highest BCUT2D eigenvalue weighted by molar-refractivity contribution is 5.70. The molecule has 0 saturated carbocycles. The molecular formula is C34H60O3. The number of phenolic OH excluding ortho intramolecular Hbond substituents is 1. The first kappa shape index (κ1) is 33.5. The Bertz CT molecular complexity index is 731. The van der Waals surface area contributed by atoms with E-state index in [0.717, 1.165) is 36.0 Å². The van der Waals surface area contributed by atoms with Crippen LogP contribution in [0.5, 0.6) is 5.75 Å². The minimum absolute atomic E-state index is 0.201. The first-order valence-electron chi connectivity index (χ1n) is 15.5. The summed E-state index contributed by atoms with van der Waals surface area (Å²) in [5.41, 5.74) is 2.44. The van der Waals surface area contributed by atoms with Crippen molar-refractivity contribution >= 4 is 5.97 Å². The van der Waals surface area contributed by atoms with E-state index in [2.05, 4.69) is 48.5 Å². The molecule has 0 bridgehead atoms. The van der Waals surface area contributed by atoms with Gasteiger partial charge in [-0.05, 0) is 40.4 Å². The third-order valence-electron chi connectivity index (χ3n) is 7.77. The molecule has 1 atom stereocenters. The molecule has 0 aliphatic heterocycles. The fourth-order valence-corrected chi connectivity index (χ4v) is 5.31. The Morgan fingerprint density at radius 1 is 0.676 bits per heavy atom. The van der Waals surface area contributed by atoms with Gasteiger partial charge in [0, 0.05) is 0 Å². The standard InChI is InChI=1S/C34H60O3/c1-8-9-10-11-12-13-14-15-16-17-18-19-20-21-22-23-28(32(36)37)24-27-25-29(33(2,3)4)31(35)30(26-27)34(5,6)7/h25-26,28,35H,8-24H2,1-7H3,(H,36,37). The third kappa shape index (κ3) is 13.7. The van der Waals surface area contributed by atoms with Crippen LogP contribution in [-0.2, 0) is 22.0 Å². The summed E-state index contributed by atoms with van der Waals surface area (Å²) in [7, 11) is 0. The number of carboxylic acid groups (broad SMARTS) is 1. The molecular weight excluding hydrogens is 456 g/mol. The predicted octanol–water partition coefficient (Wildman–Crippen LogP) is 10.5. The fraction of sp³-hybridized carbons (Fsp3) is 0.794. The predicted molar refractivity (Wildman–Crippen MR) is 160 cm³/mol. The number of aromatic hydroxyl groups is 1. The van der Waals surface area contributed by atoms with Gasteiger partial charge in [-0.15, -0.1) is 0 Å². The van der Waals surface area contributed by atoms with Crippen LogP contribution in [-0.4, -0.2) is 16.2 Å². The highest BCUT2D eigenvalue weighted by atomic mass is 16.4. The van der Waals surface area contributed by atoms with Gasteiger partial charge in [-0.2, -0.15) is 0 Å². The molecule has 0 aromatic heterocycles. The number of unbranched alkanes of at least 4 members (excludes halogenated alkanes) is 14. The monoisotopic (exact) mass is 516 g/mol. The maximum absolute atomic E-state index is 12.1. The van der Waals surface area contributed by atoms with E-state index < -0.39 is 5.97 Å².